The monoisotopic (exact) mass is 360 g/mol. The lowest BCUT2D eigenvalue weighted by molar-refractivity contribution is -0.145. The lowest BCUT2D eigenvalue weighted by atomic mass is 10.0. The van der Waals surface area contributed by atoms with Gasteiger partial charge in [-0.3, -0.25) is 4.79 Å². The highest BCUT2D eigenvalue weighted by atomic mass is 32.2. The molecule has 132 valence electrons. The average Bonchev–Trinajstić information content (AvgIpc) is 2.61. The van der Waals surface area contributed by atoms with E-state index in [1.54, 1.807) is 37.3 Å². The second-order valence-electron chi connectivity index (χ2n) is 6.00. The van der Waals surface area contributed by atoms with E-state index in [9.17, 15) is 13.2 Å². The second-order valence-corrected chi connectivity index (χ2v) is 7.89. The number of sulfone groups is 1. The minimum Gasteiger partial charge on any atom is -0.465 e. The molecular weight excluding hydrogens is 340 g/mol. The zero-order chi connectivity index (χ0) is 18.0. The number of para-hydroxylation sites is 1. The van der Waals surface area contributed by atoms with E-state index in [-0.39, 0.29) is 21.5 Å². The number of hydrogen-bond donors (Lipinski definition) is 0. The van der Waals surface area contributed by atoms with E-state index in [1.165, 1.54) is 12.1 Å². The Kier molecular flexibility index (Phi) is 4.81. The maximum Gasteiger partial charge on any atom is 0.313 e. The zero-order valence-electron chi connectivity index (χ0n) is 14.2. The van der Waals surface area contributed by atoms with Crippen molar-refractivity contribution < 1.29 is 22.7 Å². The predicted octanol–water partition coefficient (Wildman–Crippen LogP) is 4.07. The van der Waals surface area contributed by atoms with Crippen LogP contribution in [-0.4, -0.2) is 21.0 Å². The number of esters is 1. The summed E-state index contributed by atoms with van der Waals surface area (Å²) in [5, 5.41) is 0. The van der Waals surface area contributed by atoms with Gasteiger partial charge in [0.1, 0.15) is 21.3 Å². The van der Waals surface area contributed by atoms with Gasteiger partial charge in [0.25, 0.3) is 0 Å². The third-order valence-corrected chi connectivity index (χ3v) is 6.03. The number of fused-ring (bicyclic) bond motifs is 2. The summed E-state index contributed by atoms with van der Waals surface area (Å²) >= 11 is 0. The van der Waals surface area contributed by atoms with Crippen LogP contribution in [0.4, 0.5) is 0 Å². The fourth-order valence-electron chi connectivity index (χ4n) is 2.66. The molecule has 2 aromatic rings. The van der Waals surface area contributed by atoms with Crippen LogP contribution in [-0.2, 0) is 19.4 Å². The molecule has 1 heterocycles. The zero-order valence-corrected chi connectivity index (χ0v) is 15.0. The first-order chi connectivity index (χ1) is 11.9. The van der Waals surface area contributed by atoms with Crippen molar-refractivity contribution in [3.05, 3.63) is 48.0 Å². The van der Waals surface area contributed by atoms with Gasteiger partial charge < -0.3 is 9.47 Å². The molecule has 2 aromatic carbocycles. The molecule has 0 saturated heterocycles. The molecule has 25 heavy (non-hydrogen) atoms. The highest BCUT2D eigenvalue weighted by molar-refractivity contribution is 7.91. The summed E-state index contributed by atoms with van der Waals surface area (Å²) in [5.74, 6) is -0.318. The third-order valence-electron chi connectivity index (χ3n) is 4.21. The van der Waals surface area contributed by atoms with Gasteiger partial charge in [-0.1, -0.05) is 31.5 Å². The Hall–Kier alpha value is -2.34. The molecule has 1 unspecified atom stereocenters. The summed E-state index contributed by atoms with van der Waals surface area (Å²) in [5.41, 5.74) is 0.590. The quantitative estimate of drug-likeness (QED) is 0.507. The van der Waals surface area contributed by atoms with E-state index in [4.69, 9.17) is 9.47 Å². The van der Waals surface area contributed by atoms with Gasteiger partial charge in [-0.05, 0) is 43.2 Å². The molecule has 0 aromatic heterocycles. The first-order valence-electron chi connectivity index (χ1n) is 8.27. The summed E-state index contributed by atoms with van der Waals surface area (Å²) in [6.45, 7) is 4.10. The van der Waals surface area contributed by atoms with E-state index < -0.39 is 15.8 Å². The van der Waals surface area contributed by atoms with Crippen molar-refractivity contribution in [1.82, 2.24) is 0 Å². The Labute approximate surface area is 147 Å². The van der Waals surface area contributed by atoms with Gasteiger partial charge in [0.15, 0.2) is 0 Å². The Morgan fingerprint density at radius 1 is 1.12 bits per heavy atom. The summed E-state index contributed by atoms with van der Waals surface area (Å²) in [6.07, 6.45) is 1.75. The molecule has 0 saturated carbocycles. The minimum atomic E-state index is -3.68. The van der Waals surface area contributed by atoms with Crippen LogP contribution < -0.4 is 4.74 Å². The van der Waals surface area contributed by atoms with Crippen molar-refractivity contribution in [2.75, 3.05) is 6.61 Å². The smallest absolute Gasteiger partial charge is 0.313 e. The van der Waals surface area contributed by atoms with Gasteiger partial charge >= 0.3 is 5.97 Å². The topological polar surface area (TPSA) is 69.7 Å². The van der Waals surface area contributed by atoms with Gasteiger partial charge in [-0.2, -0.15) is 0 Å². The van der Waals surface area contributed by atoms with Crippen LogP contribution in [0.2, 0.25) is 0 Å². The highest BCUT2D eigenvalue weighted by Crippen LogP contribution is 2.43. The first-order valence-corrected chi connectivity index (χ1v) is 9.76. The molecule has 1 aliphatic rings. The second kappa shape index (κ2) is 6.88. The van der Waals surface area contributed by atoms with E-state index in [0.717, 1.165) is 12.8 Å². The molecular formula is C19H20O5S. The van der Waals surface area contributed by atoms with Crippen molar-refractivity contribution in [3.8, 4) is 11.5 Å². The Balaban J connectivity index is 1.92. The highest BCUT2D eigenvalue weighted by Gasteiger charge is 2.32. The molecule has 0 amide bonds. The fourth-order valence-corrected chi connectivity index (χ4v) is 4.19. The fraction of sp³-hybridized carbons (Fsp3) is 0.316. The molecule has 3 rings (SSSR count). The Morgan fingerprint density at radius 3 is 2.60 bits per heavy atom. The normalized spacial score (nSPS) is 15.4. The van der Waals surface area contributed by atoms with E-state index >= 15 is 0 Å². The summed E-state index contributed by atoms with van der Waals surface area (Å²) in [6, 6.07) is 11.3. The van der Waals surface area contributed by atoms with Gasteiger partial charge in [0.2, 0.25) is 9.84 Å². The number of carbonyl (C=O) groups excluding carboxylic acids is 1. The number of rotatable bonds is 5. The number of unbranched alkanes of at least 4 members (excludes halogenated alkanes) is 1. The van der Waals surface area contributed by atoms with Crippen molar-refractivity contribution >= 4 is 15.8 Å². The molecule has 0 N–H and O–H groups in total. The molecule has 0 aliphatic carbocycles. The lowest BCUT2D eigenvalue weighted by Gasteiger charge is -2.21. The number of carbonyl (C=O) groups is 1. The summed E-state index contributed by atoms with van der Waals surface area (Å²) in [4.78, 5) is 12.4. The SMILES string of the molecule is CCCCOC(=O)C(C)c1ccc2c(c1)S(=O)(=O)c1ccccc1O2. The van der Waals surface area contributed by atoms with Gasteiger partial charge in [-0.25, -0.2) is 8.42 Å². The minimum absolute atomic E-state index is 0.0805. The number of hydrogen-bond acceptors (Lipinski definition) is 5. The lowest BCUT2D eigenvalue weighted by Crippen LogP contribution is -2.16. The Bertz CT molecular complexity index is 902. The van der Waals surface area contributed by atoms with Crippen molar-refractivity contribution in [1.29, 1.82) is 0 Å². The van der Waals surface area contributed by atoms with E-state index in [1.807, 2.05) is 6.92 Å². The summed E-state index contributed by atoms with van der Waals surface area (Å²) in [7, 11) is -3.68. The summed E-state index contributed by atoms with van der Waals surface area (Å²) < 4.78 is 36.6. The molecule has 1 atom stereocenters. The van der Waals surface area contributed by atoms with Crippen LogP contribution in [0.15, 0.2) is 52.3 Å². The maximum atomic E-state index is 12.9. The Morgan fingerprint density at radius 2 is 1.84 bits per heavy atom. The van der Waals surface area contributed by atoms with Crippen LogP contribution in [0.25, 0.3) is 0 Å². The first kappa shape index (κ1) is 17.5. The van der Waals surface area contributed by atoms with Gasteiger partial charge in [-0.15, -0.1) is 0 Å². The van der Waals surface area contributed by atoms with Crippen molar-refractivity contribution in [2.45, 2.75) is 42.4 Å². The van der Waals surface area contributed by atoms with Crippen LogP contribution in [0.3, 0.4) is 0 Å². The number of benzene rings is 2. The van der Waals surface area contributed by atoms with Crippen molar-refractivity contribution in [3.63, 3.8) is 0 Å². The molecule has 0 fully saturated rings. The van der Waals surface area contributed by atoms with Crippen LogP contribution in [0.5, 0.6) is 11.5 Å². The van der Waals surface area contributed by atoms with E-state index in [0.29, 0.717) is 17.9 Å². The largest absolute Gasteiger partial charge is 0.465 e. The van der Waals surface area contributed by atoms with E-state index in [2.05, 4.69) is 0 Å². The maximum absolute atomic E-state index is 12.9. The molecule has 5 nitrogen and oxygen atoms in total. The van der Waals surface area contributed by atoms with Gasteiger partial charge in [0, 0.05) is 0 Å². The third kappa shape index (κ3) is 3.26. The van der Waals surface area contributed by atoms with Crippen LogP contribution >= 0.6 is 0 Å². The number of ether oxygens (including phenoxy) is 2. The predicted molar refractivity (Wildman–Crippen MR) is 92.7 cm³/mol. The molecule has 0 spiro atoms. The van der Waals surface area contributed by atoms with Crippen LogP contribution in [0, 0.1) is 0 Å². The van der Waals surface area contributed by atoms with Gasteiger partial charge in [0.05, 0.1) is 12.5 Å². The molecule has 0 bridgehead atoms. The molecule has 0 radical (unpaired) electrons. The molecule has 6 heteroatoms. The molecule has 1 aliphatic heterocycles. The average molecular weight is 360 g/mol. The standard InChI is InChI=1S/C19H20O5S/c1-3-4-11-23-19(20)13(2)14-9-10-16-18(12-14)25(21,22)17-8-6-5-7-15(17)24-16/h5-10,12-13H,3-4,11H2,1-2H3. The van der Waals surface area contributed by atoms with Crippen molar-refractivity contribution in [2.24, 2.45) is 0 Å². The van der Waals surface area contributed by atoms with Crippen LogP contribution in [0.1, 0.15) is 38.2 Å².